The number of pyridine rings is 1. The highest BCUT2D eigenvalue weighted by Gasteiger charge is 2.32. The second-order valence-corrected chi connectivity index (χ2v) is 8.74. The maximum absolute atomic E-state index is 13.3. The molecular formula is C26H33N7O2. The van der Waals surface area contributed by atoms with Gasteiger partial charge >= 0.3 is 0 Å². The smallest absolute Gasteiger partial charge is 0.253 e. The van der Waals surface area contributed by atoms with Gasteiger partial charge in [-0.15, -0.1) is 5.10 Å². The van der Waals surface area contributed by atoms with Crippen molar-refractivity contribution in [3.63, 3.8) is 0 Å². The van der Waals surface area contributed by atoms with Gasteiger partial charge in [0, 0.05) is 50.6 Å². The average Bonchev–Trinajstić information content (AvgIpc) is 3.38. The number of piperazine rings is 1. The number of hydrogen-bond acceptors (Lipinski definition) is 7. The van der Waals surface area contributed by atoms with E-state index in [0.29, 0.717) is 17.9 Å². The van der Waals surface area contributed by atoms with E-state index in [1.54, 1.807) is 7.11 Å². The number of tetrazole rings is 1. The first kappa shape index (κ1) is 23.2. The summed E-state index contributed by atoms with van der Waals surface area (Å²) in [6.45, 7) is 4.11. The highest BCUT2D eigenvalue weighted by Crippen LogP contribution is 2.28. The number of aromatic nitrogens is 5. The third kappa shape index (κ3) is 5.26. The van der Waals surface area contributed by atoms with Crippen molar-refractivity contribution in [2.24, 2.45) is 0 Å². The standard InChI is InChI=1S/C25H29N7O2.CH4/c1-30-12-14-31(15-13-30)23(21-17-19-16-20(34-2)8-9-22(19)26-25(21)33)24-27-28-29-32(24)11-10-18-6-4-3-5-7-18;/h3-9,16-17,23H,10-15H2,1-2H3,(H,26,33);1H4/i;1D. The molecule has 1 saturated heterocycles. The summed E-state index contributed by atoms with van der Waals surface area (Å²) in [5, 5.41) is 13.6. The zero-order chi connectivity index (χ0) is 25.5. The molecule has 0 aliphatic carbocycles. The van der Waals surface area contributed by atoms with Gasteiger partial charge in [-0.25, -0.2) is 4.68 Å². The number of likely N-dealkylation sites (N-methyl/N-ethyl adjacent to an activating group) is 1. The number of benzene rings is 2. The monoisotopic (exact) mass is 476 g/mol. The summed E-state index contributed by atoms with van der Waals surface area (Å²) in [6.07, 6.45) is 0.805. The van der Waals surface area contributed by atoms with Gasteiger partial charge in [0.15, 0.2) is 5.82 Å². The molecule has 4 aromatic rings. The third-order valence-corrected chi connectivity index (χ3v) is 6.54. The first-order valence-electron chi connectivity index (χ1n) is 12.6. The summed E-state index contributed by atoms with van der Waals surface area (Å²) in [6, 6.07) is 17.5. The molecule has 5 rings (SSSR count). The number of rotatable bonds is 7. The molecule has 2 aromatic heterocycles. The number of nitrogens with one attached hydrogen (secondary N) is 1. The lowest BCUT2D eigenvalue weighted by Gasteiger charge is -2.37. The van der Waals surface area contributed by atoms with Crippen LogP contribution in [0.2, 0.25) is 0 Å². The molecule has 9 heteroatoms. The molecule has 1 aliphatic rings. The van der Waals surface area contributed by atoms with Gasteiger partial charge in [0.25, 0.3) is 5.56 Å². The van der Waals surface area contributed by atoms with Crippen LogP contribution in [0, 0.1) is 0 Å². The number of ether oxygens (including phenoxy) is 1. The van der Waals surface area contributed by atoms with E-state index >= 15 is 0 Å². The van der Waals surface area contributed by atoms with E-state index in [2.05, 4.69) is 49.5 Å². The van der Waals surface area contributed by atoms with Crippen LogP contribution in [0.25, 0.3) is 10.9 Å². The van der Waals surface area contributed by atoms with E-state index in [4.69, 9.17) is 6.11 Å². The van der Waals surface area contributed by atoms with Gasteiger partial charge in [-0.3, -0.25) is 9.69 Å². The maximum atomic E-state index is 13.3. The Labute approximate surface area is 206 Å². The van der Waals surface area contributed by atoms with Crippen molar-refractivity contribution >= 4 is 10.9 Å². The van der Waals surface area contributed by atoms with Gasteiger partial charge < -0.3 is 14.6 Å². The van der Waals surface area contributed by atoms with Gasteiger partial charge in [-0.2, -0.15) is 0 Å². The van der Waals surface area contributed by atoms with Crippen molar-refractivity contribution in [3.05, 3.63) is 81.9 Å². The lowest BCUT2D eigenvalue weighted by molar-refractivity contribution is 0.121. The fourth-order valence-corrected chi connectivity index (χ4v) is 4.56. The van der Waals surface area contributed by atoms with Crippen LogP contribution in [0.5, 0.6) is 5.75 Å². The third-order valence-electron chi connectivity index (χ3n) is 6.54. The minimum absolute atomic E-state index is 0.126. The molecule has 1 N–H and O–H groups in total. The number of methoxy groups -OCH3 is 1. The van der Waals surface area contributed by atoms with E-state index < -0.39 is 0 Å². The Morgan fingerprint density at radius 2 is 1.89 bits per heavy atom. The molecule has 184 valence electrons. The van der Waals surface area contributed by atoms with Gasteiger partial charge in [-0.05, 0) is 53.7 Å². The van der Waals surface area contributed by atoms with Crippen molar-refractivity contribution in [3.8, 4) is 5.75 Å². The Kier molecular flexibility index (Phi) is 7.15. The van der Waals surface area contributed by atoms with E-state index in [9.17, 15) is 4.79 Å². The molecule has 9 nitrogen and oxygen atoms in total. The van der Waals surface area contributed by atoms with Crippen LogP contribution in [-0.4, -0.2) is 75.3 Å². The SMILES string of the molecule is COc1ccc2[nH]c(=O)c(C(c3nnnn3CCc3ccccc3)N3CCN(C)CC3)cc2c1.[2H]C. The molecule has 0 radical (unpaired) electrons. The van der Waals surface area contributed by atoms with Crippen LogP contribution in [0.4, 0.5) is 0 Å². The van der Waals surface area contributed by atoms with Crippen molar-refractivity contribution in [1.82, 2.24) is 35.0 Å². The predicted molar refractivity (Wildman–Crippen MR) is 137 cm³/mol. The normalized spacial score (nSPS) is 15.8. The Morgan fingerprint density at radius 3 is 2.63 bits per heavy atom. The molecule has 1 fully saturated rings. The zero-order valence-corrected chi connectivity index (χ0v) is 20.5. The molecule has 0 amide bonds. The topological polar surface area (TPSA) is 92.2 Å². The highest BCUT2D eigenvalue weighted by molar-refractivity contribution is 5.80. The number of H-pyrrole nitrogens is 1. The van der Waals surface area contributed by atoms with Gasteiger partial charge in [0.05, 0.1) is 7.11 Å². The molecule has 0 saturated carbocycles. The fraction of sp³-hybridized carbons (Fsp3) is 0.385. The first-order valence-corrected chi connectivity index (χ1v) is 11.6. The van der Waals surface area contributed by atoms with E-state index in [1.165, 1.54) is 13.0 Å². The van der Waals surface area contributed by atoms with Crippen LogP contribution < -0.4 is 10.3 Å². The molecule has 0 spiro atoms. The summed E-state index contributed by atoms with van der Waals surface area (Å²) < 4.78 is 13.0. The van der Waals surface area contributed by atoms with Gasteiger partial charge in [0.2, 0.25) is 0 Å². The minimum atomic E-state index is -0.348. The first-order chi connectivity index (χ1) is 17.6. The quantitative estimate of drug-likeness (QED) is 0.438. The lowest BCUT2D eigenvalue weighted by Crippen LogP contribution is -2.47. The van der Waals surface area contributed by atoms with Crippen molar-refractivity contribution in [2.75, 3.05) is 40.3 Å². The summed E-state index contributed by atoms with van der Waals surface area (Å²) in [5.74, 6) is 1.43. The molecule has 1 atom stereocenters. The largest absolute Gasteiger partial charge is 0.497 e. The predicted octanol–water partition coefficient (Wildman–Crippen LogP) is 2.74. The number of hydrogen-bond donors (Lipinski definition) is 1. The number of aromatic amines is 1. The molecule has 2 aromatic carbocycles. The van der Waals surface area contributed by atoms with E-state index in [0.717, 1.165) is 49.3 Å². The fourth-order valence-electron chi connectivity index (χ4n) is 4.56. The van der Waals surface area contributed by atoms with Crippen LogP contribution in [0.1, 0.15) is 31.8 Å². The van der Waals surface area contributed by atoms with Crippen LogP contribution in [-0.2, 0) is 13.0 Å². The van der Waals surface area contributed by atoms with E-state index in [-0.39, 0.29) is 11.6 Å². The Bertz CT molecular complexity index is 1320. The maximum Gasteiger partial charge on any atom is 0.253 e. The second-order valence-electron chi connectivity index (χ2n) is 8.74. The van der Waals surface area contributed by atoms with Crippen molar-refractivity contribution in [1.29, 1.82) is 0 Å². The Balaban J connectivity index is 0.00000148. The molecule has 3 heterocycles. The van der Waals surface area contributed by atoms with Gasteiger partial charge in [0.1, 0.15) is 11.8 Å². The number of fused-ring (bicyclic) bond motifs is 1. The molecular weight excluding hydrogens is 442 g/mol. The molecule has 1 unspecified atom stereocenters. The molecule has 1 aliphatic heterocycles. The second kappa shape index (κ2) is 10.8. The van der Waals surface area contributed by atoms with Crippen LogP contribution in [0.15, 0.2) is 59.4 Å². The summed E-state index contributed by atoms with van der Waals surface area (Å²) in [4.78, 5) is 21.0. The average molecular weight is 477 g/mol. The molecule has 35 heavy (non-hydrogen) atoms. The van der Waals surface area contributed by atoms with Gasteiger partial charge in [-0.1, -0.05) is 37.7 Å². The van der Waals surface area contributed by atoms with Crippen molar-refractivity contribution < 1.29 is 6.11 Å². The highest BCUT2D eigenvalue weighted by atomic mass is 16.5. The summed E-state index contributed by atoms with van der Waals surface area (Å²) >= 11 is 0. The number of nitrogens with zero attached hydrogens (tertiary/aromatic N) is 6. The zero-order valence-electron chi connectivity index (χ0n) is 21.5. The summed E-state index contributed by atoms with van der Waals surface area (Å²) in [5.41, 5.74) is 2.51. The van der Waals surface area contributed by atoms with Crippen LogP contribution in [0.3, 0.4) is 0 Å². The minimum Gasteiger partial charge on any atom is -0.497 e. The molecule has 0 bridgehead atoms. The lowest BCUT2D eigenvalue weighted by atomic mass is 10.0. The Hall–Kier alpha value is -3.56. The van der Waals surface area contributed by atoms with E-state index in [1.807, 2.05) is 47.1 Å². The number of aryl methyl sites for hydroxylation is 2. The van der Waals surface area contributed by atoms with Crippen molar-refractivity contribution in [2.45, 2.75) is 26.4 Å². The summed E-state index contributed by atoms with van der Waals surface area (Å²) in [7, 11) is 5.01. The van der Waals surface area contributed by atoms with Crippen LogP contribution >= 0.6 is 0 Å². The Morgan fingerprint density at radius 1 is 1.11 bits per heavy atom.